The Kier molecular flexibility index (Phi) is 6.17. The number of nitrogens with zero attached hydrogens (tertiary/aromatic N) is 2. The lowest BCUT2D eigenvalue weighted by Gasteiger charge is -2.13. The molecule has 1 aromatic heterocycles. The van der Waals surface area contributed by atoms with Crippen LogP contribution in [0, 0.1) is 25.5 Å². The van der Waals surface area contributed by atoms with E-state index in [0.717, 1.165) is 33.8 Å². The van der Waals surface area contributed by atoms with Gasteiger partial charge in [0.1, 0.15) is 18.2 Å². The molecule has 3 aromatic carbocycles. The van der Waals surface area contributed by atoms with Gasteiger partial charge in [0, 0.05) is 22.5 Å². The zero-order valence-electron chi connectivity index (χ0n) is 18.3. The highest BCUT2D eigenvalue weighted by atomic mass is 19.1. The third-order valence-electron chi connectivity index (χ3n) is 5.42. The van der Waals surface area contributed by atoms with E-state index in [1.165, 1.54) is 18.2 Å². The molecule has 0 aliphatic carbocycles. The summed E-state index contributed by atoms with van der Waals surface area (Å²) >= 11 is 0. The van der Waals surface area contributed by atoms with Gasteiger partial charge in [-0.3, -0.25) is 0 Å². The van der Waals surface area contributed by atoms with Gasteiger partial charge in [-0.15, -0.1) is 0 Å². The molecule has 0 fully saturated rings. The molecule has 4 rings (SSSR count). The second-order valence-electron chi connectivity index (χ2n) is 7.75. The van der Waals surface area contributed by atoms with Crippen molar-refractivity contribution in [3.8, 4) is 16.9 Å². The van der Waals surface area contributed by atoms with Gasteiger partial charge in [-0.25, -0.2) is 8.78 Å². The Balaban J connectivity index is 1.73. The molecule has 0 aliphatic rings. The smallest absolute Gasteiger partial charge is 0.145 e. The van der Waals surface area contributed by atoms with E-state index in [4.69, 9.17) is 4.84 Å². The molecule has 0 amide bonds. The number of rotatable bonds is 6. The number of aromatic nitrogens is 1. The highest BCUT2D eigenvalue weighted by molar-refractivity contribution is 6.01. The van der Waals surface area contributed by atoms with Crippen LogP contribution < -0.4 is 0 Å². The normalized spacial score (nSPS) is 11.6. The standard InChI is InChI=1S/C27H24F2N2O/c1-18-7-6-9-24(15-18)31-20(3)25(16-27(31)21-11-13-23(28)14-12-21)19(2)30-32-17-22-8-4-5-10-26(22)29/h4-16H,17H2,1-3H3/b30-19-. The highest BCUT2D eigenvalue weighted by Gasteiger charge is 2.17. The van der Waals surface area contributed by atoms with Gasteiger partial charge >= 0.3 is 0 Å². The molecule has 0 bridgehead atoms. The molecule has 0 saturated heterocycles. The predicted molar refractivity (Wildman–Crippen MR) is 124 cm³/mol. The molecule has 4 aromatic rings. The third-order valence-corrected chi connectivity index (χ3v) is 5.42. The number of aryl methyl sites for hydroxylation is 1. The number of hydrogen-bond donors (Lipinski definition) is 0. The molecule has 0 N–H and O–H groups in total. The van der Waals surface area contributed by atoms with Crippen molar-refractivity contribution in [3.05, 3.63) is 113 Å². The van der Waals surface area contributed by atoms with Crippen LogP contribution in [0.4, 0.5) is 8.78 Å². The fourth-order valence-corrected chi connectivity index (χ4v) is 3.77. The van der Waals surface area contributed by atoms with E-state index in [2.05, 4.69) is 15.8 Å². The number of oxime groups is 1. The van der Waals surface area contributed by atoms with Crippen molar-refractivity contribution in [1.29, 1.82) is 0 Å². The van der Waals surface area contributed by atoms with Gasteiger partial charge in [0.05, 0.1) is 11.4 Å². The molecule has 5 heteroatoms. The van der Waals surface area contributed by atoms with Crippen molar-refractivity contribution in [1.82, 2.24) is 4.57 Å². The monoisotopic (exact) mass is 430 g/mol. The van der Waals surface area contributed by atoms with E-state index in [9.17, 15) is 8.78 Å². The molecule has 162 valence electrons. The summed E-state index contributed by atoms with van der Waals surface area (Å²) in [7, 11) is 0. The highest BCUT2D eigenvalue weighted by Crippen LogP contribution is 2.30. The average molecular weight is 430 g/mol. The van der Waals surface area contributed by atoms with Gasteiger partial charge in [0.15, 0.2) is 0 Å². The maximum atomic E-state index is 13.8. The van der Waals surface area contributed by atoms with Crippen molar-refractivity contribution in [2.24, 2.45) is 5.16 Å². The minimum atomic E-state index is -0.319. The second-order valence-corrected chi connectivity index (χ2v) is 7.75. The number of benzene rings is 3. The van der Waals surface area contributed by atoms with Crippen LogP contribution in [0.5, 0.6) is 0 Å². The Morgan fingerprint density at radius 2 is 1.66 bits per heavy atom. The first-order chi connectivity index (χ1) is 15.4. The predicted octanol–water partition coefficient (Wildman–Crippen LogP) is 6.98. The second kappa shape index (κ2) is 9.18. The van der Waals surface area contributed by atoms with Crippen molar-refractivity contribution >= 4 is 5.71 Å². The van der Waals surface area contributed by atoms with E-state index in [-0.39, 0.29) is 18.2 Å². The Morgan fingerprint density at radius 3 is 2.38 bits per heavy atom. The summed E-state index contributed by atoms with van der Waals surface area (Å²) in [5.74, 6) is -0.598. The van der Waals surface area contributed by atoms with E-state index < -0.39 is 0 Å². The van der Waals surface area contributed by atoms with Crippen LogP contribution in [0.3, 0.4) is 0 Å². The fourth-order valence-electron chi connectivity index (χ4n) is 3.77. The van der Waals surface area contributed by atoms with Crippen LogP contribution in [-0.4, -0.2) is 10.3 Å². The van der Waals surface area contributed by atoms with Crippen LogP contribution in [0.15, 0.2) is 84.0 Å². The molecule has 0 saturated carbocycles. The molecule has 32 heavy (non-hydrogen) atoms. The number of halogens is 2. The van der Waals surface area contributed by atoms with Crippen LogP contribution >= 0.6 is 0 Å². The first kappa shape index (κ1) is 21.5. The maximum Gasteiger partial charge on any atom is 0.145 e. The quantitative estimate of drug-likeness (QED) is 0.239. The minimum absolute atomic E-state index is 0.0481. The van der Waals surface area contributed by atoms with Crippen LogP contribution in [0.25, 0.3) is 16.9 Å². The summed E-state index contributed by atoms with van der Waals surface area (Å²) in [6.45, 7) is 5.97. The van der Waals surface area contributed by atoms with E-state index in [0.29, 0.717) is 11.3 Å². The summed E-state index contributed by atoms with van der Waals surface area (Å²) < 4.78 is 29.5. The van der Waals surface area contributed by atoms with Crippen molar-refractivity contribution in [3.63, 3.8) is 0 Å². The van der Waals surface area contributed by atoms with Crippen LogP contribution in [0.1, 0.15) is 29.3 Å². The maximum absolute atomic E-state index is 13.8. The Morgan fingerprint density at radius 1 is 0.906 bits per heavy atom. The fraction of sp³-hybridized carbons (Fsp3) is 0.148. The summed E-state index contributed by atoms with van der Waals surface area (Å²) in [6.07, 6.45) is 0. The van der Waals surface area contributed by atoms with Gasteiger partial charge in [-0.2, -0.15) is 0 Å². The van der Waals surface area contributed by atoms with Crippen molar-refractivity contribution in [2.75, 3.05) is 0 Å². The van der Waals surface area contributed by atoms with E-state index in [1.807, 2.05) is 45.0 Å². The van der Waals surface area contributed by atoms with Crippen molar-refractivity contribution in [2.45, 2.75) is 27.4 Å². The summed E-state index contributed by atoms with van der Waals surface area (Å²) in [5, 5.41) is 4.24. The third kappa shape index (κ3) is 4.47. The minimum Gasteiger partial charge on any atom is -0.391 e. The van der Waals surface area contributed by atoms with Gasteiger partial charge in [0.2, 0.25) is 0 Å². The van der Waals surface area contributed by atoms with Crippen molar-refractivity contribution < 1.29 is 13.6 Å². The Bertz CT molecular complexity index is 1270. The zero-order chi connectivity index (χ0) is 22.7. The Hall–Kier alpha value is -3.73. The SMILES string of the molecule is C/C(=N/OCc1ccccc1F)c1cc(-c2ccc(F)cc2)n(-c2cccc(C)c2)c1C. The average Bonchev–Trinajstić information content (AvgIpc) is 3.12. The van der Waals surface area contributed by atoms with E-state index >= 15 is 0 Å². The molecule has 0 aliphatic heterocycles. The number of hydrogen-bond acceptors (Lipinski definition) is 2. The van der Waals surface area contributed by atoms with Gasteiger partial charge in [0.25, 0.3) is 0 Å². The first-order valence-corrected chi connectivity index (χ1v) is 10.4. The molecule has 1 heterocycles. The lowest BCUT2D eigenvalue weighted by atomic mass is 10.1. The lowest BCUT2D eigenvalue weighted by molar-refractivity contribution is 0.128. The van der Waals surface area contributed by atoms with E-state index in [1.54, 1.807) is 30.3 Å². The Labute approximate surface area is 186 Å². The topological polar surface area (TPSA) is 26.5 Å². The van der Waals surface area contributed by atoms with Gasteiger partial charge in [-0.1, -0.05) is 35.5 Å². The molecule has 0 spiro atoms. The summed E-state index contributed by atoms with van der Waals surface area (Å²) in [6, 6.07) is 23.1. The summed E-state index contributed by atoms with van der Waals surface area (Å²) in [4.78, 5) is 5.46. The van der Waals surface area contributed by atoms with Crippen LogP contribution in [-0.2, 0) is 11.4 Å². The van der Waals surface area contributed by atoms with Gasteiger partial charge < -0.3 is 9.40 Å². The zero-order valence-corrected chi connectivity index (χ0v) is 18.3. The first-order valence-electron chi connectivity index (χ1n) is 10.4. The molecular weight excluding hydrogens is 406 g/mol. The van der Waals surface area contributed by atoms with Gasteiger partial charge in [-0.05, 0) is 80.4 Å². The molecule has 0 unspecified atom stereocenters. The molecule has 3 nitrogen and oxygen atoms in total. The lowest BCUT2D eigenvalue weighted by Crippen LogP contribution is -2.03. The summed E-state index contributed by atoms with van der Waals surface area (Å²) in [5.41, 5.74) is 6.96. The molecule has 0 radical (unpaired) electrons. The van der Waals surface area contributed by atoms with Crippen LogP contribution in [0.2, 0.25) is 0 Å². The molecule has 0 atom stereocenters. The molecular formula is C27H24F2N2O. The largest absolute Gasteiger partial charge is 0.391 e.